The molecule has 2 N–H and O–H groups in total. The van der Waals surface area contributed by atoms with E-state index in [0.29, 0.717) is 5.75 Å². The summed E-state index contributed by atoms with van der Waals surface area (Å²) in [6.45, 7) is 0.210. The van der Waals surface area contributed by atoms with E-state index < -0.39 is 17.9 Å². The van der Waals surface area contributed by atoms with E-state index in [-0.39, 0.29) is 29.4 Å². The number of nitrogens with two attached hydrogens (primary N) is 1. The molecule has 0 saturated carbocycles. The molecule has 0 unspecified atom stereocenters. The average molecular weight is 384 g/mol. The summed E-state index contributed by atoms with van der Waals surface area (Å²) in [7, 11) is 1.55. The van der Waals surface area contributed by atoms with Crippen LogP contribution in [0.4, 0.5) is 13.2 Å². The number of benzene rings is 1. The third-order valence-electron chi connectivity index (χ3n) is 3.44. The minimum atomic E-state index is -2.83. The van der Waals surface area contributed by atoms with Crippen LogP contribution in [0, 0.1) is 5.82 Å². The van der Waals surface area contributed by atoms with Gasteiger partial charge in [-0.2, -0.15) is 0 Å². The van der Waals surface area contributed by atoms with Crippen LogP contribution in [0.5, 0.6) is 5.75 Å². The largest absolute Gasteiger partial charge is 0.497 e. The second-order valence-electron chi connectivity index (χ2n) is 5.36. The van der Waals surface area contributed by atoms with Crippen LogP contribution >= 0.6 is 11.6 Å². The first-order chi connectivity index (χ1) is 12.4. The summed E-state index contributed by atoms with van der Waals surface area (Å²) < 4.78 is 44.5. The highest BCUT2D eigenvalue weighted by molar-refractivity contribution is 6.30. The van der Waals surface area contributed by atoms with Crippen LogP contribution in [0.1, 0.15) is 11.3 Å². The molecule has 26 heavy (non-hydrogen) atoms. The summed E-state index contributed by atoms with van der Waals surface area (Å²) in [5, 5.41) is 0.144. The Labute approximate surface area is 154 Å². The number of allylic oxidation sites excluding steroid dienone is 2. The van der Waals surface area contributed by atoms with E-state index in [1.165, 1.54) is 6.20 Å². The van der Waals surface area contributed by atoms with Gasteiger partial charge in [-0.1, -0.05) is 23.7 Å². The Morgan fingerprint density at radius 2 is 2.04 bits per heavy atom. The molecule has 0 radical (unpaired) electrons. The van der Waals surface area contributed by atoms with E-state index in [4.69, 9.17) is 22.1 Å². The number of rotatable bonds is 7. The topological polar surface area (TPSA) is 60.5 Å². The first-order valence-electron chi connectivity index (χ1n) is 7.60. The van der Waals surface area contributed by atoms with Crippen molar-refractivity contribution < 1.29 is 17.9 Å². The van der Waals surface area contributed by atoms with Crippen molar-refractivity contribution in [2.24, 2.45) is 10.7 Å². The van der Waals surface area contributed by atoms with Gasteiger partial charge in [0.05, 0.1) is 30.1 Å². The maximum absolute atomic E-state index is 13.9. The van der Waals surface area contributed by atoms with Gasteiger partial charge in [-0.3, -0.25) is 9.98 Å². The fourth-order valence-electron chi connectivity index (χ4n) is 2.08. The minimum Gasteiger partial charge on any atom is -0.497 e. The summed E-state index contributed by atoms with van der Waals surface area (Å²) >= 11 is 5.67. The highest BCUT2D eigenvalue weighted by atomic mass is 35.5. The van der Waals surface area contributed by atoms with Gasteiger partial charge in [-0.25, -0.2) is 13.2 Å². The van der Waals surface area contributed by atoms with Gasteiger partial charge in [0.2, 0.25) is 0 Å². The number of methoxy groups -OCH3 is 1. The summed E-state index contributed by atoms with van der Waals surface area (Å²) in [4.78, 5) is 8.16. The molecule has 0 atom stereocenters. The lowest BCUT2D eigenvalue weighted by Crippen LogP contribution is -2.13. The number of pyridine rings is 1. The van der Waals surface area contributed by atoms with Crippen LogP contribution in [0.25, 0.3) is 0 Å². The number of ether oxygens (including phenoxy) is 1. The molecule has 4 nitrogen and oxygen atoms in total. The standard InChI is InChI=1S/C18H17ClF3N3O/c1-26-14-4-2-11(3-5-14)9-24-13(7-16(23)18(21)22)8-17-15(20)6-12(19)10-25-17/h2-7,10,18H,8-9,23H2,1H3. The van der Waals surface area contributed by atoms with E-state index >= 15 is 0 Å². The fourth-order valence-corrected chi connectivity index (χ4v) is 2.22. The van der Waals surface area contributed by atoms with Gasteiger partial charge < -0.3 is 10.5 Å². The van der Waals surface area contributed by atoms with Crippen molar-refractivity contribution in [2.75, 3.05) is 7.11 Å². The monoisotopic (exact) mass is 383 g/mol. The Morgan fingerprint density at radius 1 is 1.35 bits per heavy atom. The van der Waals surface area contributed by atoms with Gasteiger partial charge in [0.25, 0.3) is 6.43 Å². The van der Waals surface area contributed by atoms with Crippen molar-refractivity contribution in [2.45, 2.75) is 19.4 Å². The van der Waals surface area contributed by atoms with E-state index in [1.54, 1.807) is 31.4 Å². The van der Waals surface area contributed by atoms with Crippen molar-refractivity contribution >= 4 is 17.3 Å². The first kappa shape index (κ1) is 19.8. The lowest BCUT2D eigenvalue weighted by atomic mass is 10.1. The second kappa shape index (κ2) is 9.24. The molecule has 0 aliphatic heterocycles. The predicted molar refractivity (Wildman–Crippen MR) is 95.3 cm³/mol. The molecule has 0 aliphatic carbocycles. The Bertz CT molecular complexity index is 808. The van der Waals surface area contributed by atoms with Crippen LogP contribution in [0.3, 0.4) is 0 Å². The molecule has 0 spiro atoms. The molecule has 1 aromatic heterocycles. The van der Waals surface area contributed by atoms with Crippen molar-refractivity contribution in [1.29, 1.82) is 0 Å². The molecule has 0 amide bonds. The van der Waals surface area contributed by atoms with Crippen LogP contribution in [0.2, 0.25) is 5.02 Å². The molecule has 0 fully saturated rings. The van der Waals surface area contributed by atoms with Crippen LogP contribution in [0.15, 0.2) is 53.3 Å². The zero-order valence-corrected chi connectivity index (χ0v) is 14.7. The van der Waals surface area contributed by atoms with Gasteiger partial charge in [0.1, 0.15) is 11.6 Å². The van der Waals surface area contributed by atoms with E-state index in [1.807, 2.05) is 0 Å². The smallest absolute Gasteiger partial charge is 0.277 e. The molecule has 2 aromatic rings. The molecule has 0 bridgehead atoms. The van der Waals surface area contributed by atoms with Gasteiger partial charge in [0.15, 0.2) is 0 Å². The quantitative estimate of drug-likeness (QED) is 0.730. The minimum absolute atomic E-state index is 0.0428. The lowest BCUT2D eigenvalue weighted by molar-refractivity contribution is 0.188. The number of aliphatic imine (C=N–C) groups is 1. The molecule has 8 heteroatoms. The Kier molecular flexibility index (Phi) is 7.03. The number of hydrogen-bond acceptors (Lipinski definition) is 4. The number of alkyl halides is 2. The number of halogens is 4. The SMILES string of the molecule is COc1ccc(CN=C(C=C(N)C(F)F)Cc2ncc(Cl)cc2F)cc1. The van der Waals surface area contributed by atoms with E-state index in [9.17, 15) is 13.2 Å². The highest BCUT2D eigenvalue weighted by Gasteiger charge is 2.12. The van der Waals surface area contributed by atoms with Gasteiger partial charge in [0, 0.05) is 18.3 Å². The molecule has 1 heterocycles. The van der Waals surface area contributed by atoms with Crippen molar-refractivity contribution in [3.05, 3.63) is 70.4 Å². The van der Waals surface area contributed by atoms with Crippen molar-refractivity contribution in [1.82, 2.24) is 4.98 Å². The molecule has 0 saturated heterocycles. The third-order valence-corrected chi connectivity index (χ3v) is 3.65. The third kappa shape index (κ3) is 5.77. The Morgan fingerprint density at radius 3 is 2.62 bits per heavy atom. The normalized spacial score (nSPS) is 12.5. The van der Waals surface area contributed by atoms with Crippen molar-refractivity contribution in [3.8, 4) is 5.75 Å². The summed E-state index contributed by atoms with van der Waals surface area (Å²) in [6, 6.07) is 8.20. The number of aromatic nitrogens is 1. The maximum atomic E-state index is 13.9. The average Bonchev–Trinajstić information content (AvgIpc) is 2.62. The predicted octanol–water partition coefficient (Wildman–Crippen LogP) is 4.17. The van der Waals surface area contributed by atoms with Crippen LogP contribution in [-0.2, 0) is 13.0 Å². The molecule has 2 rings (SSSR count). The maximum Gasteiger partial charge on any atom is 0.277 e. The molecule has 1 aromatic carbocycles. The van der Waals surface area contributed by atoms with Gasteiger partial charge in [-0.05, 0) is 29.8 Å². The van der Waals surface area contributed by atoms with E-state index in [0.717, 1.165) is 17.7 Å². The molecule has 0 aliphatic rings. The number of nitrogens with zero attached hydrogens (tertiary/aromatic N) is 2. The lowest BCUT2D eigenvalue weighted by Gasteiger charge is -2.07. The Balaban J connectivity index is 2.25. The highest BCUT2D eigenvalue weighted by Crippen LogP contribution is 2.15. The molecular formula is C18H17ClF3N3O. The Hall–Kier alpha value is -2.54. The first-order valence-corrected chi connectivity index (χ1v) is 7.98. The number of hydrogen-bond donors (Lipinski definition) is 1. The summed E-state index contributed by atoms with van der Waals surface area (Å²) in [5.41, 5.74) is 5.73. The summed E-state index contributed by atoms with van der Waals surface area (Å²) in [5.74, 6) is 0.0471. The van der Waals surface area contributed by atoms with Crippen molar-refractivity contribution in [3.63, 3.8) is 0 Å². The zero-order valence-electron chi connectivity index (χ0n) is 13.9. The van der Waals surface area contributed by atoms with Gasteiger partial charge >= 0.3 is 0 Å². The zero-order chi connectivity index (χ0) is 19.1. The van der Waals surface area contributed by atoms with Crippen LogP contribution in [-0.4, -0.2) is 24.2 Å². The summed E-state index contributed by atoms with van der Waals surface area (Å²) in [6.07, 6.45) is -0.596. The van der Waals surface area contributed by atoms with Crippen LogP contribution < -0.4 is 10.5 Å². The second-order valence-corrected chi connectivity index (χ2v) is 5.80. The molecular weight excluding hydrogens is 367 g/mol. The molecule has 138 valence electrons. The van der Waals surface area contributed by atoms with E-state index in [2.05, 4.69) is 9.98 Å². The fraction of sp³-hybridized carbons (Fsp3) is 0.222. The van der Waals surface area contributed by atoms with Gasteiger partial charge in [-0.15, -0.1) is 0 Å².